The molecule has 6 heteroatoms. The van der Waals surface area contributed by atoms with Gasteiger partial charge in [-0.1, -0.05) is 30.8 Å². The summed E-state index contributed by atoms with van der Waals surface area (Å²) >= 11 is 1.34. The maximum atomic E-state index is 12.8. The summed E-state index contributed by atoms with van der Waals surface area (Å²) in [7, 11) is 0. The highest BCUT2D eigenvalue weighted by Gasteiger charge is 2.23. The van der Waals surface area contributed by atoms with Gasteiger partial charge in [-0.15, -0.1) is 0 Å². The topological polar surface area (TPSA) is 64.0 Å². The number of rotatable bonds is 6. The van der Waals surface area contributed by atoms with E-state index in [1.54, 1.807) is 10.6 Å². The third-order valence-electron chi connectivity index (χ3n) is 4.08. The van der Waals surface area contributed by atoms with E-state index >= 15 is 0 Å². The van der Waals surface area contributed by atoms with Crippen LogP contribution in [0.5, 0.6) is 0 Å². The first-order chi connectivity index (χ1) is 11.1. The van der Waals surface area contributed by atoms with Gasteiger partial charge in [-0.2, -0.15) is 0 Å². The van der Waals surface area contributed by atoms with Gasteiger partial charge in [-0.05, 0) is 38.3 Å². The van der Waals surface area contributed by atoms with Crippen LogP contribution in [0.15, 0.2) is 34.2 Å². The van der Waals surface area contributed by atoms with Crippen LogP contribution in [0.25, 0.3) is 10.9 Å². The monoisotopic (exact) mass is 331 g/mol. The van der Waals surface area contributed by atoms with Gasteiger partial charge in [0.15, 0.2) is 5.16 Å². The second-order valence-electron chi connectivity index (χ2n) is 5.97. The van der Waals surface area contributed by atoms with Gasteiger partial charge >= 0.3 is 0 Å². The number of benzene rings is 1. The van der Waals surface area contributed by atoms with Crippen molar-refractivity contribution in [1.82, 2.24) is 14.9 Å². The summed E-state index contributed by atoms with van der Waals surface area (Å²) in [6, 6.07) is 7.76. The lowest BCUT2D eigenvalue weighted by Crippen LogP contribution is -2.29. The molecular formula is C17H21N3O2S. The third kappa shape index (κ3) is 3.58. The first-order valence-electron chi connectivity index (χ1n) is 8.03. The van der Waals surface area contributed by atoms with Gasteiger partial charge in [0.1, 0.15) is 0 Å². The number of carbonyl (C=O) groups excluding carboxylic acids is 1. The first-order valence-corrected chi connectivity index (χ1v) is 9.02. The lowest BCUT2D eigenvalue weighted by molar-refractivity contribution is -0.118. The molecule has 122 valence electrons. The molecule has 0 saturated heterocycles. The average Bonchev–Trinajstić information content (AvgIpc) is 3.36. The molecule has 1 heterocycles. The number of para-hydroxylation sites is 1. The number of nitrogens with one attached hydrogen (secondary N) is 1. The van der Waals surface area contributed by atoms with Gasteiger partial charge in [0.25, 0.3) is 5.56 Å². The standard InChI is InChI=1S/C17H21N3O2S/c1-3-11(2)20-16(22)13-6-4-5-7-14(13)19-17(20)23-10-15(21)18-12-8-9-12/h4-7,11-12H,3,8-10H2,1-2H3,(H,18,21). The van der Waals surface area contributed by atoms with Crippen LogP contribution in [0.4, 0.5) is 0 Å². The second-order valence-corrected chi connectivity index (χ2v) is 6.92. The molecule has 1 unspecified atom stereocenters. The van der Waals surface area contributed by atoms with Crippen LogP contribution in [-0.4, -0.2) is 27.3 Å². The van der Waals surface area contributed by atoms with Crippen molar-refractivity contribution in [2.45, 2.75) is 50.4 Å². The molecule has 2 aromatic rings. The molecule has 1 amide bonds. The molecule has 5 nitrogen and oxygen atoms in total. The molecule has 1 aromatic heterocycles. The first kappa shape index (κ1) is 16.1. The number of thioether (sulfide) groups is 1. The zero-order chi connectivity index (χ0) is 16.4. The Morgan fingerprint density at radius 1 is 1.43 bits per heavy atom. The predicted octanol–water partition coefficient (Wildman–Crippen LogP) is 2.74. The molecule has 1 aliphatic rings. The minimum Gasteiger partial charge on any atom is -0.353 e. The van der Waals surface area contributed by atoms with Crippen molar-refractivity contribution in [3.63, 3.8) is 0 Å². The zero-order valence-corrected chi connectivity index (χ0v) is 14.2. The summed E-state index contributed by atoms with van der Waals surface area (Å²) in [6.45, 7) is 4.05. The van der Waals surface area contributed by atoms with Gasteiger partial charge in [-0.25, -0.2) is 4.98 Å². The summed E-state index contributed by atoms with van der Waals surface area (Å²) in [5.74, 6) is 0.299. The van der Waals surface area contributed by atoms with Crippen molar-refractivity contribution in [3.05, 3.63) is 34.6 Å². The van der Waals surface area contributed by atoms with Crippen molar-refractivity contribution in [3.8, 4) is 0 Å². The third-order valence-corrected chi connectivity index (χ3v) is 5.03. The van der Waals surface area contributed by atoms with Gasteiger partial charge in [0, 0.05) is 12.1 Å². The predicted molar refractivity (Wildman–Crippen MR) is 92.9 cm³/mol. The Kier molecular flexibility index (Phi) is 4.71. The number of carbonyl (C=O) groups is 1. The van der Waals surface area contributed by atoms with Crippen LogP contribution < -0.4 is 10.9 Å². The Morgan fingerprint density at radius 2 is 2.17 bits per heavy atom. The van der Waals surface area contributed by atoms with Gasteiger partial charge in [0.05, 0.1) is 16.7 Å². The number of amides is 1. The lowest BCUT2D eigenvalue weighted by atomic mass is 10.2. The number of aromatic nitrogens is 2. The van der Waals surface area contributed by atoms with Crippen LogP contribution in [0.1, 0.15) is 39.2 Å². The smallest absolute Gasteiger partial charge is 0.262 e. The zero-order valence-electron chi connectivity index (χ0n) is 13.4. The lowest BCUT2D eigenvalue weighted by Gasteiger charge is -2.18. The number of hydrogen-bond donors (Lipinski definition) is 1. The Bertz CT molecular complexity index is 783. The quantitative estimate of drug-likeness (QED) is 0.653. The summed E-state index contributed by atoms with van der Waals surface area (Å²) in [4.78, 5) is 29.3. The highest BCUT2D eigenvalue weighted by molar-refractivity contribution is 7.99. The Balaban J connectivity index is 1.92. The van der Waals surface area contributed by atoms with Crippen molar-refractivity contribution >= 4 is 28.6 Å². The summed E-state index contributed by atoms with van der Waals surface area (Å²) < 4.78 is 1.72. The molecule has 1 atom stereocenters. The molecular weight excluding hydrogens is 310 g/mol. The van der Waals surface area contributed by atoms with Crippen molar-refractivity contribution < 1.29 is 4.79 Å². The van der Waals surface area contributed by atoms with Gasteiger partial charge in [0.2, 0.25) is 5.91 Å². The van der Waals surface area contributed by atoms with Crippen molar-refractivity contribution in [1.29, 1.82) is 0 Å². The van der Waals surface area contributed by atoms with Gasteiger partial charge in [-0.3, -0.25) is 14.2 Å². The van der Waals surface area contributed by atoms with Crippen LogP contribution in [0.2, 0.25) is 0 Å². The molecule has 0 radical (unpaired) electrons. The largest absolute Gasteiger partial charge is 0.353 e. The van der Waals surface area contributed by atoms with E-state index in [1.165, 1.54) is 11.8 Å². The molecule has 1 fully saturated rings. The van der Waals surface area contributed by atoms with E-state index in [1.807, 2.05) is 32.0 Å². The molecule has 3 rings (SSSR count). The van der Waals surface area contributed by atoms with Crippen molar-refractivity contribution in [2.24, 2.45) is 0 Å². The summed E-state index contributed by atoms with van der Waals surface area (Å²) in [5, 5.41) is 4.21. The summed E-state index contributed by atoms with van der Waals surface area (Å²) in [6.07, 6.45) is 2.98. The maximum Gasteiger partial charge on any atom is 0.262 e. The van der Waals surface area contributed by atoms with Crippen LogP contribution >= 0.6 is 11.8 Å². The number of fused-ring (bicyclic) bond motifs is 1. The van der Waals surface area contributed by atoms with Crippen LogP contribution in [-0.2, 0) is 4.79 Å². The van der Waals surface area contributed by atoms with Crippen LogP contribution in [0.3, 0.4) is 0 Å². The molecule has 1 aromatic carbocycles. The van der Waals surface area contributed by atoms with E-state index in [0.29, 0.717) is 22.1 Å². The van der Waals surface area contributed by atoms with E-state index in [2.05, 4.69) is 10.3 Å². The molecule has 0 aliphatic heterocycles. The van der Waals surface area contributed by atoms with E-state index in [4.69, 9.17) is 0 Å². The highest BCUT2D eigenvalue weighted by Crippen LogP contribution is 2.23. The number of hydrogen-bond acceptors (Lipinski definition) is 4. The molecule has 0 bridgehead atoms. The molecule has 23 heavy (non-hydrogen) atoms. The van der Waals surface area contributed by atoms with E-state index in [0.717, 1.165) is 19.3 Å². The Morgan fingerprint density at radius 3 is 2.87 bits per heavy atom. The molecule has 1 N–H and O–H groups in total. The minimum atomic E-state index is -0.0324. The average molecular weight is 331 g/mol. The summed E-state index contributed by atoms with van der Waals surface area (Å²) in [5.41, 5.74) is 0.650. The fourth-order valence-electron chi connectivity index (χ4n) is 2.43. The van der Waals surface area contributed by atoms with Crippen molar-refractivity contribution in [2.75, 3.05) is 5.75 Å². The SMILES string of the molecule is CCC(C)n1c(SCC(=O)NC2CC2)nc2ccccc2c1=O. The van der Waals surface area contributed by atoms with E-state index < -0.39 is 0 Å². The Labute approximate surface area is 139 Å². The van der Waals surface area contributed by atoms with Gasteiger partial charge < -0.3 is 5.32 Å². The fraction of sp³-hybridized carbons (Fsp3) is 0.471. The molecule has 1 aliphatic carbocycles. The maximum absolute atomic E-state index is 12.8. The highest BCUT2D eigenvalue weighted by atomic mass is 32.2. The van der Waals surface area contributed by atoms with E-state index in [9.17, 15) is 9.59 Å². The molecule has 0 spiro atoms. The normalized spacial score (nSPS) is 15.6. The van der Waals surface area contributed by atoms with Crippen LogP contribution in [0, 0.1) is 0 Å². The number of nitrogens with zero attached hydrogens (tertiary/aromatic N) is 2. The fourth-order valence-corrected chi connectivity index (χ4v) is 3.33. The minimum absolute atomic E-state index is 0.00982. The second kappa shape index (κ2) is 6.74. The molecule has 1 saturated carbocycles. The van der Waals surface area contributed by atoms with E-state index in [-0.39, 0.29) is 23.3 Å². The Hall–Kier alpha value is -1.82.